The molecule has 0 aromatic carbocycles. The van der Waals surface area contributed by atoms with Gasteiger partial charge in [-0.05, 0) is 12.8 Å². The molecule has 0 N–H and O–H groups in total. The van der Waals surface area contributed by atoms with Crippen LogP contribution in [-0.2, 0) is 0 Å². The van der Waals surface area contributed by atoms with Gasteiger partial charge in [-0.2, -0.15) is 0 Å². The van der Waals surface area contributed by atoms with Crippen LogP contribution in [0.25, 0.3) is 0 Å². The molecule has 1 unspecified atom stereocenters. The van der Waals surface area contributed by atoms with Crippen molar-refractivity contribution in [3.05, 3.63) is 0 Å². The Balaban J connectivity index is 3.02. The maximum Gasteiger partial charge on any atom is 0.0110 e. The molecule has 1 atom stereocenters. The van der Waals surface area contributed by atoms with Gasteiger partial charge >= 0.3 is 0 Å². The summed E-state index contributed by atoms with van der Waals surface area (Å²) in [4.78, 5) is 0. The number of unbranched alkanes of at least 4 members (excludes halogenated alkanes) is 8. The van der Waals surface area contributed by atoms with Crippen molar-refractivity contribution in [1.29, 1.82) is 0 Å². The lowest BCUT2D eigenvalue weighted by atomic mass is 10.0. The van der Waals surface area contributed by atoms with Gasteiger partial charge in [0, 0.05) is 3.92 Å². The summed E-state index contributed by atoms with van der Waals surface area (Å²) >= 11 is 2.64. The van der Waals surface area contributed by atoms with Crippen molar-refractivity contribution >= 4 is 22.6 Å². The SMILES string of the molecule is CCCCCCCCCCC(I)CCCC. The molecule has 0 aliphatic carbocycles. The maximum absolute atomic E-state index is 2.64. The van der Waals surface area contributed by atoms with Gasteiger partial charge in [0.05, 0.1) is 0 Å². The fourth-order valence-electron chi connectivity index (χ4n) is 2.07. The summed E-state index contributed by atoms with van der Waals surface area (Å²) in [5.74, 6) is 0. The number of alkyl halides is 1. The van der Waals surface area contributed by atoms with E-state index in [-0.39, 0.29) is 0 Å². The molecular weight excluding hydrogens is 307 g/mol. The highest BCUT2D eigenvalue weighted by Crippen LogP contribution is 2.18. The first-order valence-electron chi connectivity index (χ1n) is 7.45. The fourth-order valence-corrected chi connectivity index (χ4v) is 2.95. The maximum atomic E-state index is 2.64. The number of hydrogen-bond acceptors (Lipinski definition) is 0. The largest absolute Gasteiger partial charge is 0.0826 e. The van der Waals surface area contributed by atoms with Gasteiger partial charge in [0.2, 0.25) is 0 Å². The summed E-state index contributed by atoms with van der Waals surface area (Å²) in [6, 6.07) is 0. The van der Waals surface area contributed by atoms with Crippen LogP contribution in [0.15, 0.2) is 0 Å². The average molecular weight is 338 g/mol. The van der Waals surface area contributed by atoms with Gasteiger partial charge in [0.1, 0.15) is 0 Å². The molecule has 1 heteroatoms. The summed E-state index contributed by atoms with van der Waals surface area (Å²) in [6.07, 6.45) is 17.3. The van der Waals surface area contributed by atoms with E-state index < -0.39 is 0 Å². The van der Waals surface area contributed by atoms with Crippen molar-refractivity contribution < 1.29 is 0 Å². The monoisotopic (exact) mass is 338 g/mol. The summed E-state index contributed by atoms with van der Waals surface area (Å²) in [7, 11) is 0. The Hall–Kier alpha value is 0.730. The lowest BCUT2D eigenvalue weighted by Gasteiger charge is -2.08. The molecule has 98 valence electrons. The Morgan fingerprint density at radius 1 is 0.625 bits per heavy atom. The molecule has 16 heavy (non-hydrogen) atoms. The standard InChI is InChI=1S/C15H31I/c1-3-5-7-8-9-10-11-12-14-15(16)13-6-4-2/h15H,3-14H2,1-2H3. The zero-order chi connectivity index (χ0) is 12.1. The topological polar surface area (TPSA) is 0 Å². The normalized spacial score (nSPS) is 12.9. The molecule has 0 fully saturated rings. The molecule has 0 rings (SSSR count). The van der Waals surface area contributed by atoms with Gasteiger partial charge in [-0.15, -0.1) is 0 Å². The lowest BCUT2D eigenvalue weighted by molar-refractivity contribution is 0.553. The smallest absolute Gasteiger partial charge is 0.0110 e. The first-order valence-corrected chi connectivity index (χ1v) is 8.69. The van der Waals surface area contributed by atoms with E-state index >= 15 is 0 Å². The molecule has 0 aliphatic heterocycles. The number of halogens is 1. The predicted octanol–water partition coefficient (Wildman–Crippen LogP) is 6.51. The molecule has 0 heterocycles. The Morgan fingerprint density at radius 3 is 1.62 bits per heavy atom. The van der Waals surface area contributed by atoms with E-state index in [2.05, 4.69) is 36.4 Å². The molecule has 0 saturated heterocycles. The molecule has 0 nitrogen and oxygen atoms in total. The van der Waals surface area contributed by atoms with Crippen LogP contribution in [0.3, 0.4) is 0 Å². The van der Waals surface area contributed by atoms with Crippen LogP contribution < -0.4 is 0 Å². The summed E-state index contributed by atoms with van der Waals surface area (Å²) in [6.45, 7) is 4.58. The highest BCUT2D eigenvalue weighted by Gasteiger charge is 2.02. The van der Waals surface area contributed by atoms with E-state index in [1.165, 1.54) is 77.0 Å². The minimum atomic E-state index is 0.942. The van der Waals surface area contributed by atoms with Crippen LogP contribution in [-0.4, -0.2) is 3.92 Å². The van der Waals surface area contributed by atoms with Gasteiger partial charge in [0.15, 0.2) is 0 Å². The van der Waals surface area contributed by atoms with E-state index in [1.807, 2.05) is 0 Å². The number of hydrogen-bond donors (Lipinski definition) is 0. The van der Waals surface area contributed by atoms with Crippen LogP contribution >= 0.6 is 22.6 Å². The zero-order valence-electron chi connectivity index (χ0n) is 11.4. The van der Waals surface area contributed by atoms with Crippen molar-refractivity contribution in [2.45, 2.75) is 94.8 Å². The van der Waals surface area contributed by atoms with E-state index in [0.717, 1.165) is 3.92 Å². The summed E-state index contributed by atoms with van der Waals surface area (Å²) in [5, 5.41) is 0. The summed E-state index contributed by atoms with van der Waals surface area (Å²) < 4.78 is 0.942. The Bertz CT molecular complexity index is 123. The zero-order valence-corrected chi connectivity index (χ0v) is 13.6. The second kappa shape index (κ2) is 13.8. The second-order valence-electron chi connectivity index (χ2n) is 5.00. The third kappa shape index (κ3) is 12.8. The number of rotatable bonds is 12. The highest BCUT2D eigenvalue weighted by molar-refractivity contribution is 14.1. The third-order valence-corrected chi connectivity index (χ3v) is 4.49. The van der Waals surface area contributed by atoms with Crippen LogP contribution in [0.1, 0.15) is 90.9 Å². The van der Waals surface area contributed by atoms with E-state index in [9.17, 15) is 0 Å². The Morgan fingerprint density at radius 2 is 1.06 bits per heavy atom. The Labute approximate surface area is 117 Å². The average Bonchev–Trinajstić information content (AvgIpc) is 2.30. The minimum Gasteiger partial charge on any atom is -0.0826 e. The van der Waals surface area contributed by atoms with Gasteiger partial charge in [-0.3, -0.25) is 0 Å². The third-order valence-electron chi connectivity index (χ3n) is 3.24. The van der Waals surface area contributed by atoms with E-state index in [0.29, 0.717) is 0 Å². The van der Waals surface area contributed by atoms with Gasteiger partial charge < -0.3 is 0 Å². The quantitative estimate of drug-likeness (QED) is 0.216. The van der Waals surface area contributed by atoms with Crippen LogP contribution in [0.5, 0.6) is 0 Å². The van der Waals surface area contributed by atoms with Crippen LogP contribution in [0.4, 0.5) is 0 Å². The molecule has 0 amide bonds. The summed E-state index contributed by atoms with van der Waals surface area (Å²) in [5.41, 5.74) is 0. The first kappa shape index (κ1) is 16.7. The lowest BCUT2D eigenvalue weighted by Crippen LogP contribution is -1.97. The van der Waals surface area contributed by atoms with Crippen LogP contribution in [0, 0.1) is 0 Å². The highest BCUT2D eigenvalue weighted by atomic mass is 127. The fraction of sp³-hybridized carbons (Fsp3) is 1.00. The molecular formula is C15H31I. The Kier molecular flexibility index (Phi) is 14.4. The minimum absolute atomic E-state index is 0.942. The molecule has 0 bridgehead atoms. The second-order valence-corrected chi connectivity index (χ2v) is 6.76. The van der Waals surface area contributed by atoms with E-state index in [4.69, 9.17) is 0 Å². The van der Waals surface area contributed by atoms with Crippen molar-refractivity contribution in [1.82, 2.24) is 0 Å². The first-order chi connectivity index (χ1) is 7.81. The van der Waals surface area contributed by atoms with E-state index in [1.54, 1.807) is 0 Å². The van der Waals surface area contributed by atoms with Crippen molar-refractivity contribution in [3.8, 4) is 0 Å². The van der Waals surface area contributed by atoms with Crippen LogP contribution in [0.2, 0.25) is 0 Å². The van der Waals surface area contributed by atoms with Gasteiger partial charge in [-0.25, -0.2) is 0 Å². The van der Waals surface area contributed by atoms with Gasteiger partial charge in [-0.1, -0.05) is 101 Å². The molecule has 0 aliphatic rings. The molecule has 0 radical (unpaired) electrons. The van der Waals surface area contributed by atoms with Crippen molar-refractivity contribution in [2.75, 3.05) is 0 Å². The van der Waals surface area contributed by atoms with Gasteiger partial charge in [0.25, 0.3) is 0 Å². The predicted molar refractivity (Wildman–Crippen MR) is 84.6 cm³/mol. The van der Waals surface area contributed by atoms with Crippen molar-refractivity contribution in [3.63, 3.8) is 0 Å². The van der Waals surface area contributed by atoms with Crippen molar-refractivity contribution in [2.24, 2.45) is 0 Å². The molecule has 0 aromatic heterocycles. The molecule has 0 spiro atoms. The molecule has 0 saturated carbocycles. The molecule has 0 aromatic rings.